The lowest BCUT2D eigenvalue weighted by Crippen LogP contribution is -2.44. The number of aryl methyl sites for hydroxylation is 2. The van der Waals surface area contributed by atoms with E-state index in [2.05, 4.69) is 25.9 Å². The maximum absolute atomic E-state index is 13.8. The molecule has 0 saturated carbocycles. The first-order chi connectivity index (χ1) is 15.6. The molecule has 182 valence electrons. The molecule has 0 aliphatic heterocycles. The van der Waals surface area contributed by atoms with E-state index in [0.29, 0.717) is 6.42 Å². The zero-order valence-corrected chi connectivity index (χ0v) is 22.5. The van der Waals surface area contributed by atoms with Crippen LogP contribution in [0.4, 0.5) is 0 Å². The smallest absolute Gasteiger partial charge is 0.204 e. The van der Waals surface area contributed by atoms with Gasteiger partial charge in [-0.25, -0.2) is 8.42 Å². The Labute approximate surface area is 199 Å². The lowest BCUT2D eigenvalue weighted by molar-refractivity contribution is 0.0478. The first-order valence-corrected chi connectivity index (χ1v) is 16.0. The van der Waals surface area contributed by atoms with Gasteiger partial charge in [-0.05, 0) is 62.7 Å². The molecular formula is C25H38N2O4SSi. The minimum Gasteiger partial charge on any atom is -0.413 e. The quantitative estimate of drug-likeness (QED) is 0.515. The number of rotatable bonds is 8. The van der Waals surface area contributed by atoms with Crippen LogP contribution in [0.5, 0.6) is 0 Å². The molecule has 1 aliphatic carbocycles. The van der Waals surface area contributed by atoms with Crippen LogP contribution in [0.15, 0.2) is 52.3 Å². The molecule has 0 saturated heterocycles. The maximum Gasteiger partial charge on any atom is 0.204 e. The van der Waals surface area contributed by atoms with Gasteiger partial charge in [-0.15, -0.1) is 0 Å². The third-order valence-corrected chi connectivity index (χ3v) is 13.9. The maximum atomic E-state index is 13.8. The Morgan fingerprint density at radius 2 is 1.73 bits per heavy atom. The van der Waals surface area contributed by atoms with E-state index >= 15 is 0 Å². The predicted octanol–water partition coefficient (Wildman–Crippen LogP) is 5.19. The number of nitrogens with zero attached hydrogens (tertiary/aromatic N) is 2. The van der Waals surface area contributed by atoms with E-state index in [9.17, 15) is 13.5 Å². The molecule has 0 amide bonds. The van der Waals surface area contributed by atoms with Gasteiger partial charge in [0, 0.05) is 11.6 Å². The minimum absolute atomic E-state index is 0.196. The number of benzene rings is 1. The predicted molar refractivity (Wildman–Crippen MR) is 134 cm³/mol. The van der Waals surface area contributed by atoms with E-state index in [1.807, 2.05) is 26.8 Å². The van der Waals surface area contributed by atoms with E-state index < -0.39 is 30.3 Å². The van der Waals surface area contributed by atoms with Crippen molar-refractivity contribution < 1.29 is 18.0 Å². The van der Waals surface area contributed by atoms with Crippen molar-refractivity contribution in [3.8, 4) is 0 Å². The van der Waals surface area contributed by atoms with Crippen molar-refractivity contribution in [1.82, 2.24) is 9.78 Å². The van der Waals surface area contributed by atoms with Gasteiger partial charge < -0.3 is 9.53 Å². The Bertz CT molecular complexity index is 1070. The Hall–Kier alpha value is -1.74. The summed E-state index contributed by atoms with van der Waals surface area (Å²) in [6, 6.07) is 12.8. The molecule has 0 radical (unpaired) electrons. The lowest BCUT2D eigenvalue weighted by atomic mass is 9.97. The molecule has 1 heterocycles. The zero-order chi connectivity index (χ0) is 24.4. The van der Waals surface area contributed by atoms with Gasteiger partial charge in [-0.2, -0.15) is 5.10 Å². The molecule has 1 aliphatic rings. The first kappa shape index (κ1) is 25.9. The fourth-order valence-corrected chi connectivity index (χ4v) is 9.48. The van der Waals surface area contributed by atoms with E-state index in [-0.39, 0.29) is 21.8 Å². The average molecular weight is 491 g/mol. The van der Waals surface area contributed by atoms with Crippen LogP contribution in [0.25, 0.3) is 0 Å². The lowest BCUT2D eigenvalue weighted by Gasteiger charge is -2.37. The number of hydrogen-bond donors (Lipinski definition) is 1. The normalized spacial score (nSPS) is 24.4. The molecule has 0 bridgehead atoms. The highest BCUT2D eigenvalue weighted by molar-refractivity contribution is 7.95. The minimum atomic E-state index is -3.83. The summed E-state index contributed by atoms with van der Waals surface area (Å²) in [4.78, 5) is 0.420. The van der Waals surface area contributed by atoms with Crippen LogP contribution < -0.4 is 0 Å². The van der Waals surface area contributed by atoms with Gasteiger partial charge in [0.1, 0.15) is 0 Å². The zero-order valence-electron chi connectivity index (χ0n) is 20.7. The highest BCUT2D eigenvalue weighted by Gasteiger charge is 2.42. The SMILES string of the molecule is CC[Si](CC)(CC)O[C@@H]1CC(n2nc(C)cc2C)C(S(=O)(=O)c2ccccc2)=C[C@@H](O)[C@@H]1C. The molecule has 0 spiro atoms. The van der Waals surface area contributed by atoms with E-state index in [0.717, 1.165) is 29.5 Å². The fraction of sp³-hybridized carbons (Fsp3) is 0.560. The summed E-state index contributed by atoms with van der Waals surface area (Å²) >= 11 is 0. The number of allylic oxidation sites excluding steroid dienone is 1. The van der Waals surface area contributed by atoms with Gasteiger partial charge in [-0.1, -0.05) is 45.9 Å². The summed E-state index contributed by atoms with van der Waals surface area (Å²) in [5.41, 5.74) is 1.72. The van der Waals surface area contributed by atoms with Crippen LogP contribution in [0.1, 0.15) is 51.5 Å². The van der Waals surface area contributed by atoms with Crippen LogP contribution >= 0.6 is 0 Å². The van der Waals surface area contributed by atoms with Gasteiger partial charge in [0.15, 0.2) is 8.32 Å². The summed E-state index contributed by atoms with van der Waals surface area (Å²) in [5, 5.41) is 15.8. The summed E-state index contributed by atoms with van der Waals surface area (Å²) < 4.78 is 36.3. The van der Waals surface area contributed by atoms with E-state index in [1.165, 1.54) is 6.08 Å². The van der Waals surface area contributed by atoms with Gasteiger partial charge >= 0.3 is 0 Å². The molecule has 1 N–H and O–H groups in total. The Kier molecular flexibility index (Phi) is 8.04. The standard InChI is InChI=1S/C25H38N2O4SSi/c1-7-33(8-2,9-3)31-24-16-22(27-19(5)15-18(4)26-27)25(17-23(28)20(24)6)32(29,30)21-13-11-10-12-14-21/h10-15,17,20,22-24,28H,7-9,16H2,1-6H3/t20-,22?,23+,24+/m0/s1. The third kappa shape index (κ3) is 5.19. The molecule has 2 aromatic rings. The second-order valence-corrected chi connectivity index (χ2v) is 15.9. The third-order valence-electron chi connectivity index (χ3n) is 7.28. The highest BCUT2D eigenvalue weighted by Crippen LogP contribution is 2.40. The molecule has 1 aromatic heterocycles. The second kappa shape index (κ2) is 10.3. The Morgan fingerprint density at radius 1 is 1.12 bits per heavy atom. The van der Waals surface area contributed by atoms with E-state index in [4.69, 9.17) is 4.43 Å². The highest BCUT2D eigenvalue weighted by atomic mass is 32.2. The number of aliphatic hydroxyl groups excluding tert-OH is 1. The van der Waals surface area contributed by atoms with Gasteiger partial charge in [0.05, 0.1) is 33.7 Å². The largest absolute Gasteiger partial charge is 0.413 e. The molecular weight excluding hydrogens is 452 g/mol. The molecule has 8 heteroatoms. The Balaban J connectivity index is 2.15. The van der Waals surface area contributed by atoms with Crippen LogP contribution in [-0.2, 0) is 14.3 Å². The van der Waals surface area contributed by atoms with Crippen molar-refractivity contribution in [3.05, 3.63) is 58.8 Å². The van der Waals surface area contributed by atoms with Gasteiger partial charge in [0.2, 0.25) is 9.84 Å². The topological polar surface area (TPSA) is 81.4 Å². The number of hydrogen-bond acceptors (Lipinski definition) is 5. The summed E-state index contributed by atoms with van der Waals surface area (Å²) in [7, 11) is -5.82. The van der Waals surface area contributed by atoms with Crippen molar-refractivity contribution in [2.24, 2.45) is 5.92 Å². The van der Waals surface area contributed by atoms with Crippen molar-refractivity contribution >= 4 is 18.2 Å². The summed E-state index contributed by atoms with van der Waals surface area (Å²) in [6.07, 6.45) is 0.792. The fourth-order valence-electron chi connectivity index (χ4n) is 4.86. The summed E-state index contributed by atoms with van der Waals surface area (Å²) in [5.74, 6) is -0.232. The van der Waals surface area contributed by atoms with Crippen LogP contribution in [0, 0.1) is 19.8 Å². The van der Waals surface area contributed by atoms with Crippen molar-refractivity contribution in [1.29, 1.82) is 0 Å². The molecule has 0 fully saturated rings. The first-order valence-electron chi connectivity index (χ1n) is 12.0. The van der Waals surface area contributed by atoms with Crippen molar-refractivity contribution in [3.63, 3.8) is 0 Å². The van der Waals surface area contributed by atoms with Crippen LogP contribution in [0.2, 0.25) is 18.1 Å². The van der Waals surface area contributed by atoms with Crippen LogP contribution in [-0.4, -0.2) is 43.8 Å². The molecule has 1 unspecified atom stereocenters. The number of aliphatic hydroxyl groups is 1. The molecule has 6 nitrogen and oxygen atoms in total. The summed E-state index contributed by atoms with van der Waals surface area (Å²) in [6.45, 7) is 12.3. The monoisotopic (exact) mass is 490 g/mol. The van der Waals surface area contributed by atoms with Gasteiger partial charge in [-0.3, -0.25) is 4.68 Å². The average Bonchev–Trinajstić information content (AvgIpc) is 3.09. The molecule has 1 aromatic carbocycles. The molecule has 33 heavy (non-hydrogen) atoms. The van der Waals surface area contributed by atoms with Crippen LogP contribution in [0.3, 0.4) is 0 Å². The van der Waals surface area contributed by atoms with E-state index in [1.54, 1.807) is 35.0 Å². The van der Waals surface area contributed by atoms with Crippen molar-refractivity contribution in [2.45, 2.75) is 89.2 Å². The van der Waals surface area contributed by atoms with Crippen molar-refractivity contribution in [2.75, 3.05) is 0 Å². The Morgan fingerprint density at radius 3 is 2.24 bits per heavy atom. The number of sulfone groups is 1. The molecule has 4 atom stereocenters. The van der Waals surface area contributed by atoms with Gasteiger partial charge in [0.25, 0.3) is 0 Å². The molecule has 3 rings (SSSR count). The number of aromatic nitrogens is 2. The second-order valence-electron chi connectivity index (χ2n) is 9.26.